The van der Waals surface area contributed by atoms with Crippen molar-refractivity contribution in [1.82, 2.24) is 5.32 Å². The molecule has 0 saturated heterocycles. The van der Waals surface area contributed by atoms with Gasteiger partial charge in [0.25, 0.3) is 0 Å². The molecular formula is C20H25NO4. The van der Waals surface area contributed by atoms with Gasteiger partial charge in [-0.1, -0.05) is 6.07 Å². The minimum absolute atomic E-state index is 0.0348. The molecule has 1 atom stereocenters. The molecular weight excluding hydrogens is 318 g/mol. The van der Waals surface area contributed by atoms with E-state index in [0.29, 0.717) is 39.7 Å². The highest BCUT2D eigenvalue weighted by Crippen LogP contribution is 2.37. The Morgan fingerprint density at radius 3 is 2.28 bits per heavy atom. The van der Waals surface area contributed by atoms with E-state index >= 15 is 0 Å². The SMILES string of the molecule is [2H]C1([2H])CN[C@H](C([2H])([2H])c2ccc(OC)c(OC)c2)c2cc(OC)c(OC)cc21. The summed E-state index contributed by atoms with van der Waals surface area (Å²) >= 11 is 0. The molecule has 1 heterocycles. The van der Waals surface area contributed by atoms with E-state index in [1.165, 1.54) is 28.4 Å². The Balaban J connectivity index is 2.14. The van der Waals surface area contributed by atoms with Gasteiger partial charge in [-0.15, -0.1) is 0 Å². The first-order chi connectivity index (χ1) is 13.7. The molecule has 0 unspecified atom stereocenters. The number of hydrogen-bond acceptors (Lipinski definition) is 5. The zero-order chi connectivity index (χ0) is 21.4. The van der Waals surface area contributed by atoms with Crippen LogP contribution >= 0.6 is 0 Å². The summed E-state index contributed by atoms with van der Waals surface area (Å²) in [5.41, 5.74) is 1.25. The molecule has 2 aromatic carbocycles. The van der Waals surface area contributed by atoms with Crippen molar-refractivity contribution < 1.29 is 24.4 Å². The van der Waals surface area contributed by atoms with Crippen molar-refractivity contribution in [1.29, 1.82) is 0 Å². The first-order valence-electron chi connectivity index (χ1n) is 9.92. The van der Waals surface area contributed by atoms with Gasteiger partial charge in [0.15, 0.2) is 23.0 Å². The fraction of sp³-hybridized carbons (Fsp3) is 0.400. The maximum Gasteiger partial charge on any atom is 0.161 e. The third kappa shape index (κ3) is 3.51. The van der Waals surface area contributed by atoms with Crippen molar-refractivity contribution in [2.45, 2.75) is 18.8 Å². The van der Waals surface area contributed by atoms with Crippen LogP contribution in [0.2, 0.25) is 0 Å². The lowest BCUT2D eigenvalue weighted by Crippen LogP contribution is -2.31. The third-order valence-corrected chi connectivity index (χ3v) is 4.15. The quantitative estimate of drug-likeness (QED) is 0.870. The van der Waals surface area contributed by atoms with E-state index in [1.54, 1.807) is 30.3 Å². The van der Waals surface area contributed by atoms with E-state index in [9.17, 15) is 0 Å². The first kappa shape index (κ1) is 12.9. The number of nitrogens with one attached hydrogen (secondary N) is 1. The van der Waals surface area contributed by atoms with E-state index in [2.05, 4.69) is 5.32 Å². The van der Waals surface area contributed by atoms with E-state index in [1.807, 2.05) is 0 Å². The third-order valence-electron chi connectivity index (χ3n) is 4.15. The molecule has 25 heavy (non-hydrogen) atoms. The lowest BCUT2D eigenvalue weighted by molar-refractivity contribution is 0.351. The molecule has 134 valence electrons. The van der Waals surface area contributed by atoms with Gasteiger partial charge in [0.05, 0.1) is 28.4 Å². The summed E-state index contributed by atoms with van der Waals surface area (Å²) in [7, 11) is 6.00. The van der Waals surface area contributed by atoms with Crippen molar-refractivity contribution in [2.24, 2.45) is 0 Å². The number of ether oxygens (including phenoxy) is 4. The zero-order valence-corrected chi connectivity index (χ0v) is 14.8. The maximum atomic E-state index is 8.86. The van der Waals surface area contributed by atoms with Crippen LogP contribution < -0.4 is 24.3 Å². The van der Waals surface area contributed by atoms with Gasteiger partial charge >= 0.3 is 0 Å². The average Bonchev–Trinajstić information content (AvgIpc) is 2.71. The predicted molar refractivity (Wildman–Crippen MR) is 97.2 cm³/mol. The molecule has 1 aliphatic heterocycles. The Morgan fingerprint density at radius 1 is 0.960 bits per heavy atom. The molecule has 0 bridgehead atoms. The van der Waals surface area contributed by atoms with Crippen molar-refractivity contribution in [3.63, 3.8) is 0 Å². The first-order valence-corrected chi connectivity index (χ1v) is 7.92. The fourth-order valence-corrected chi connectivity index (χ4v) is 2.87. The van der Waals surface area contributed by atoms with Crippen molar-refractivity contribution >= 4 is 0 Å². The zero-order valence-electron chi connectivity index (χ0n) is 18.8. The molecule has 0 aromatic heterocycles. The molecule has 0 radical (unpaired) electrons. The summed E-state index contributed by atoms with van der Waals surface area (Å²) in [5.74, 6) is 1.75. The minimum Gasteiger partial charge on any atom is -0.493 e. The highest BCUT2D eigenvalue weighted by molar-refractivity contribution is 5.50. The molecule has 0 fully saturated rings. The highest BCUT2D eigenvalue weighted by atomic mass is 16.5. The van der Waals surface area contributed by atoms with Crippen molar-refractivity contribution in [3.05, 3.63) is 47.0 Å². The van der Waals surface area contributed by atoms with Gasteiger partial charge in [0, 0.05) is 11.5 Å². The largest absolute Gasteiger partial charge is 0.493 e. The van der Waals surface area contributed by atoms with Crippen molar-refractivity contribution in [2.75, 3.05) is 35.0 Å². The minimum atomic E-state index is -1.87. The molecule has 1 aliphatic rings. The summed E-state index contributed by atoms with van der Waals surface area (Å²) in [5, 5.41) is 3.04. The summed E-state index contributed by atoms with van der Waals surface area (Å²) < 4.78 is 55.7. The topological polar surface area (TPSA) is 49.0 Å². The number of benzene rings is 2. The Hall–Kier alpha value is -2.40. The molecule has 5 heteroatoms. The molecule has 0 amide bonds. The molecule has 5 nitrogen and oxygen atoms in total. The van der Waals surface area contributed by atoms with Crippen LogP contribution in [0.3, 0.4) is 0 Å². The average molecular weight is 347 g/mol. The number of fused-ring (bicyclic) bond motifs is 1. The summed E-state index contributed by atoms with van der Waals surface area (Å²) in [6.07, 6.45) is -3.55. The molecule has 3 rings (SSSR count). The Bertz CT molecular complexity index is 904. The van der Waals surface area contributed by atoms with Crippen LogP contribution in [0.25, 0.3) is 0 Å². The Morgan fingerprint density at radius 2 is 1.60 bits per heavy atom. The van der Waals surface area contributed by atoms with Crippen LogP contribution in [0.5, 0.6) is 23.0 Å². The van der Waals surface area contributed by atoms with Gasteiger partial charge in [-0.05, 0) is 60.2 Å². The number of rotatable bonds is 6. The molecule has 2 aromatic rings. The molecule has 1 N–H and O–H groups in total. The number of methoxy groups -OCH3 is 4. The van der Waals surface area contributed by atoms with Crippen LogP contribution in [-0.4, -0.2) is 35.0 Å². The lowest BCUT2D eigenvalue weighted by Gasteiger charge is -2.28. The Kier molecular flexibility index (Phi) is 3.95. The lowest BCUT2D eigenvalue weighted by atomic mass is 9.89. The van der Waals surface area contributed by atoms with Gasteiger partial charge in [-0.3, -0.25) is 0 Å². The van der Waals surface area contributed by atoms with Crippen LogP contribution in [0.4, 0.5) is 0 Å². The fourth-order valence-electron chi connectivity index (χ4n) is 2.87. The van der Waals surface area contributed by atoms with E-state index in [4.69, 9.17) is 24.4 Å². The second-order valence-corrected chi connectivity index (χ2v) is 5.50. The van der Waals surface area contributed by atoms with Gasteiger partial charge in [0.1, 0.15) is 0 Å². The summed E-state index contributed by atoms with van der Waals surface area (Å²) in [6, 6.07) is 7.33. The normalized spacial score (nSPS) is 21.0. The Labute approximate surface area is 154 Å². The summed E-state index contributed by atoms with van der Waals surface area (Å²) in [6.45, 7) is -0.0348. The van der Waals surface area contributed by atoms with E-state index < -0.39 is 18.8 Å². The van der Waals surface area contributed by atoms with Gasteiger partial charge < -0.3 is 24.3 Å². The monoisotopic (exact) mass is 347 g/mol. The van der Waals surface area contributed by atoms with Gasteiger partial charge in [-0.25, -0.2) is 0 Å². The standard InChI is InChI=1S/C20H25NO4/c1-22-17-6-5-13(10-18(17)23-2)9-16-15-12-20(25-4)19(24-3)11-14(15)7-8-21-16/h5-6,10-12,16,21H,7-9H2,1-4H3/t16-/m1/s1/i7D2,9D2. The highest BCUT2D eigenvalue weighted by Gasteiger charge is 2.23. The van der Waals surface area contributed by atoms with Crippen LogP contribution in [0.15, 0.2) is 30.3 Å². The second-order valence-electron chi connectivity index (χ2n) is 5.50. The van der Waals surface area contributed by atoms with Crippen LogP contribution in [0, 0.1) is 0 Å². The van der Waals surface area contributed by atoms with Crippen LogP contribution in [-0.2, 0) is 12.7 Å². The second kappa shape index (κ2) is 7.66. The van der Waals surface area contributed by atoms with E-state index in [0.717, 1.165) is 0 Å². The number of hydrogen-bond donors (Lipinski definition) is 1. The maximum absolute atomic E-state index is 8.86. The molecule has 0 saturated carbocycles. The van der Waals surface area contributed by atoms with Gasteiger partial charge in [0.2, 0.25) is 0 Å². The van der Waals surface area contributed by atoms with Crippen LogP contribution in [0.1, 0.15) is 28.2 Å². The smallest absolute Gasteiger partial charge is 0.161 e. The van der Waals surface area contributed by atoms with Gasteiger partial charge in [-0.2, -0.15) is 0 Å². The van der Waals surface area contributed by atoms with Crippen molar-refractivity contribution in [3.8, 4) is 23.0 Å². The predicted octanol–water partition coefficient (Wildman–Crippen LogP) is 3.15. The molecule has 0 spiro atoms. The van der Waals surface area contributed by atoms with E-state index in [-0.39, 0.29) is 6.54 Å². The molecule has 0 aliphatic carbocycles. The summed E-state index contributed by atoms with van der Waals surface area (Å²) in [4.78, 5) is 0.